The van der Waals surface area contributed by atoms with Gasteiger partial charge < -0.3 is 16.0 Å². The molecule has 0 spiro atoms. The maximum Gasteiger partial charge on any atom is 0.304 e. The molecule has 2 aromatic heterocycles. The molecule has 0 fully saturated rings. The SMILES string of the molecule is NCC#Cc1cnccc1C(=O)NCc1csc(=O)[nH]1. The van der Waals surface area contributed by atoms with Crippen LogP contribution in [0.15, 0.2) is 28.6 Å². The van der Waals surface area contributed by atoms with Gasteiger partial charge in [-0.25, -0.2) is 0 Å². The van der Waals surface area contributed by atoms with Gasteiger partial charge in [-0.3, -0.25) is 14.6 Å². The molecular formula is C13H12N4O2S. The number of thiazole rings is 1. The Balaban J connectivity index is 2.11. The Hall–Kier alpha value is -2.43. The number of nitrogens with one attached hydrogen (secondary N) is 2. The van der Waals surface area contributed by atoms with Gasteiger partial charge in [-0.1, -0.05) is 23.2 Å². The van der Waals surface area contributed by atoms with E-state index in [1.54, 1.807) is 11.4 Å². The zero-order chi connectivity index (χ0) is 14.4. The number of pyridine rings is 1. The molecule has 6 nitrogen and oxygen atoms in total. The summed E-state index contributed by atoms with van der Waals surface area (Å²) < 4.78 is 0. The number of hydrogen-bond donors (Lipinski definition) is 3. The first-order chi connectivity index (χ1) is 9.70. The molecule has 0 aliphatic rings. The van der Waals surface area contributed by atoms with Crippen molar-refractivity contribution in [2.45, 2.75) is 6.54 Å². The van der Waals surface area contributed by atoms with Crippen molar-refractivity contribution in [3.05, 3.63) is 50.3 Å². The van der Waals surface area contributed by atoms with E-state index in [4.69, 9.17) is 5.73 Å². The molecule has 1 amide bonds. The van der Waals surface area contributed by atoms with E-state index < -0.39 is 0 Å². The minimum Gasteiger partial charge on any atom is -0.346 e. The molecule has 20 heavy (non-hydrogen) atoms. The van der Waals surface area contributed by atoms with E-state index in [1.807, 2.05) is 0 Å². The third-order valence-corrected chi connectivity index (χ3v) is 3.12. The Morgan fingerprint density at radius 3 is 3.10 bits per heavy atom. The fraction of sp³-hybridized carbons (Fsp3) is 0.154. The molecule has 0 aliphatic carbocycles. The summed E-state index contributed by atoms with van der Waals surface area (Å²) in [4.78, 5) is 29.5. The quantitative estimate of drug-likeness (QED) is 0.696. The molecule has 7 heteroatoms. The van der Waals surface area contributed by atoms with Gasteiger partial charge in [-0.2, -0.15) is 0 Å². The van der Waals surface area contributed by atoms with E-state index in [0.717, 1.165) is 11.3 Å². The van der Waals surface area contributed by atoms with Gasteiger partial charge in [0, 0.05) is 23.5 Å². The monoisotopic (exact) mass is 288 g/mol. The lowest BCUT2D eigenvalue weighted by atomic mass is 10.1. The van der Waals surface area contributed by atoms with Crippen molar-refractivity contribution in [1.82, 2.24) is 15.3 Å². The van der Waals surface area contributed by atoms with Crippen LogP contribution in [0.5, 0.6) is 0 Å². The van der Waals surface area contributed by atoms with Crippen LogP contribution in [0.25, 0.3) is 0 Å². The molecule has 0 atom stereocenters. The Morgan fingerprint density at radius 2 is 2.40 bits per heavy atom. The molecule has 0 aromatic carbocycles. The number of nitrogens with zero attached hydrogens (tertiary/aromatic N) is 1. The topological polar surface area (TPSA) is 101 Å². The fourth-order valence-corrected chi connectivity index (χ4v) is 2.09. The lowest BCUT2D eigenvalue weighted by molar-refractivity contribution is 0.0950. The van der Waals surface area contributed by atoms with Gasteiger partial charge in [0.2, 0.25) is 0 Å². The molecule has 0 saturated carbocycles. The van der Waals surface area contributed by atoms with Crippen molar-refractivity contribution in [3.8, 4) is 11.8 Å². The van der Waals surface area contributed by atoms with Crippen LogP contribution in [0.4, 0.5) is 0 Å². The van der Waals surface area contributed by atoms with Crippen molar-refractivity contribution in [3.63, 3.8) is 0 Å². The molecule has 2 rings (SSSR count). The molecule has 2 aromatic rings. The summed E-state index contributed by atoms with van der Waals surface area (Å²) in [5.41, 5.74) is 6.93. The van der Waals surface area contributed by atoms with Gasteiger partial charge in [0.15, 0.2) is 0 Å². The van der Waals surface area contributed by atoms with E-state index >= 15 is 0 Å². The lowest BCUT2D eigenvalue weighted by Crippen LogP contribution is -2.24. The summed E-state index contributed by atoms with van der Waals surface area (Å²) in [7, 11) is 0. The number of aromatic nitrogens is 2. The molecule has 102 valence electrons. The second kappa shape index (κ2) is 6.65. The summed E-state index contributed by atoms with van der Waals surface area (Å²) >= 11 is 1.06. The lowest BCUT2D eigenvalue weighted by Gasteiger charge is -2.05. The number of H-pyrrole nitrogens is 1. The van der Waals surface area contributed by atoms with Crippen LogP contribution >= 0.6 is 11.3 Å². The van der Waals surface area contributed by atoms with E-state index in [0.29, 0.717) is 16.8 Å². The number of nitrogens with two attached hydrogens (primary N) is 1. The van der Waals surface area contributed by atoms with Crippen molar-refractivity contribution < 1.29 is 4.79 Å². The third-order valence-electron chi connectivity index (χ3n) is 2.40. The second-order valence-electron chi connectivity index (χ2n) is 3.78. The molecule has 0 saturated heterocycles. The number of carbonyl (C=O) groups excluding carboxylic acids is 1. The maximum atomic E-state index is 12.1. The second-order valence-corrected chi connectivity index (χ2v) is 4.63. The van der Waals surface area contributed by atoms with Gasteiger partial charge in [0.1, 0.15) is 0 Å². The smallest absolute Gasteiger partial charge is 0.304 e. The molecule has 0 bridgehead atoms. The van der Waals surface area contributed by atoms with E-state index in [2.05, 4.69) is 27.1 Å². The number of amides is 1. The largest absolute Gasteiger partial charge is 0.346 e. The first kappa shape index (κ1) is 14.0. The highest BCUT2D eigenvalue weighted by molar-refractivity contribution is 7.07. The fourth-order valence-electron chi connectivity index (χ4n) is 1.51. The van der Waals surface area contributed by atoms with Crippen molar-refractivity contribution in [1.29, 1.82) is 0 Å². The number of carbonyl (C=O) groups is 1. The summed E-state index contributed by atoms with van der Waals surface area (Å²) in [6, 6.07) is 1.59. The predicted molar refractivity (Wildman–Crippen MR) is 76.3 cm³/mol. The molecule has 2 heterocycles. The first-order valence-electron chi connectivity index (χ1n) is 5.78. The van der Waals surface area contributed by atoms with Crippen molar-refractivity contribution >= 4 is 17.2 Å². The van der Waals surface area contributed by atoms with Crippen LogP contribution < -0.4 is 15.9 Å². The highest BCUT2D eigenvalue weighted by atomic mass is 32.1. The summed E-state index contributed by atoms with van der Waals surface area (Å²) in [5.74, 6) is 5.21. The van der Waals surface area contributed by atoms with E-state index in [9.17, 15) is 9.59 Å². The van der Waals surface area contributed by atoms with Gasteiger partial charge in [0.05, 0.1) is 24.2 Å². The highest BCUT2D eigenvalue weighted by Gasteiger charge is 2.10. The number of aromatic amines is 1. The van der Waals surface area contributed by atoms with Crippen LogP contribution in [0.3, 0.4) is 0 Å². The standard InChI is InChI=1S/C13H12N4O2S/c14-4-1-2-9-6-15-5-3-11(9)12(18)16-7-10-8-20-13(19)17-10/h3,5-6,8H,4,7,14H2,(H,16,18)(H,17,19). The van der Waals surface area contributed by atoms with Crippen molar-refractivity contribution in [2.75, 3.05) is 6.54 Å². The molecule has 4 N–H and O–H groups in total. The highest BCUT2D eigenvalue weighted by Crippen LogP contribution is 2.06. The third kappa shape index (κ3) is 3.54. The van der Waals surface area contributed by atoms with Crippen molar-refractivity contribution in [2.24, 2.45) is 5.73 Å². The van der Waals surface area contributed by atoms with Gasteiger partial charge in [-0.05, 0) is 6.07 Å². The van der Waals surface area contributed by atoms with Crippen LogP contribution in [0, 0.1) is 11.8 Å². The minimum absolute atomic E-state index is 0.146. The summed E-state index contributed by atoms with van der Waals surface area (Å²) in [6.45, 7) is 0.468. The molecular weight excluding hydrogens is 276 g/mol. The zero-order valence-electron chi connectivity index (χ0n) is 10.5. The van der Waals surface area contributed by atoms with Crippen LogP contribution in [0.2, 0.25) is 0 Å². The minimum atomic E-state index is -0.277. The summed E-state index contributed by atoms with van der Waals surface area (Å²) in [5, 5.41) is 4.39. The molecule has 0 unspecified atom stereocenters. The van der Waals surface area contributed by atoms with E-state index in [-0.39, 0.29) is 23.9 Å². The molecule has 0 aliphatic heterocycles. The van der Waals surface area contributed by atoms with Gasteiger partial charge in [0.25, 0.3) is 5.91 Å². The van der Waals surface area contributed by atoms with Crippen LogP contribution in [-0.4, -0.2) is 22.4 Å². The predicted octanol–water partition coefficient (Wildman–Crippen LogP) is 0.0716. The van der Waals surface area contributed by atoms with Crippen LogP contribution in [-0.2, 0) is 6.54 Å². The summed E-state index contributed by atoms with van der Waals surface area (Å²) in [6.07, 6.45) is 3.04. The number of rotatable bonds is 3. The normalized spacial score (nSPS) is 9.65. The number of hydrogen-bond acceptors (Lipinski definition) is 5. The average Bonchev–Trinajstić information content (AvgIpc) is 2.88. The average molecular weight is 288 g/mol. The van der Waals surface area contributed by atoms with Gasteiger partial charge in [-0.15, -0.1) is 0 Å². The Kier molecular flexibility index (Phi) is 4.65. The van der Waals surface area contributed by atoms with Crippen LogP contribution in [0.1, 0.15) is 21.6 Å². The molecule has 0 radical (unpaired) electrons. The zero-order valence-corrected chi connectivity index (χ0v) is 11.3. The Morgan fingerprint density at radius 1 is 1.55 bits per heavy atom. The Bertz CT molecular complexity index is 723. The maximum absolute atomic E-state index is 12.1. The Labute approximate surface area is 119 Å². The van der Waals surface area contributed by atoms with Gasteiger partial charge >= 0.3 is 4.87 Å². The van der Waals surface area contributed by atoms with E-state index in [1.165, 1.54) is 12.4 Å². The first-order valence-corrected chi connectivity index (χ1v) is 6.66.